The Morgan fingerprint density at radius 3 is 1.61 bits per heavy atom. The van der Waals surface area contributed by atoms with Gasteiger partial charge in [-0.2, -0.15) is 15.0 Å². The topological polar surface area (TPSA) is 60.9 Å². The molecule has 4 heterocycles. The van der Waals surface area contributed by atoms with E-state index in [9.17, 15) is 0 Å². The van der Waals surface area contributed by atoms with E-state index in [1.165, 1.54) is 25.7 Å². The number of benzene rings is 1. The molecule has 166 valence electrons. The van der Waals surface area contributed by atoms with Crippen molar-refractivity contribution in [3.05, 3.63) is 30.3 Å². The van der Waals surface area contributed by atoms with Crippen LogP contribution in [0.25, 0.3) is 0 Å². The molecule has 3 saturated heterocycles. The van der Waals surface area contributed by atoms with Crippen LogP contribution in [0.4, 0.5) is 17.8 Å². The minimum absolute atomic E-state index is 0.716. The molecule has 31 heavy (non-hydrogen) atoms. The first-order valence-corrected chi connectivity index (χ1v) is 11.8. The molecular weight excluding hydrogens is 390 g/mol. The summed E-state index contributed by atoms with van der Waals surface area (Å²) in [7, 11) is 0. The molecule has 0 spiro atoms. The van der Waals surface area contributed by atoms with Crippen molar-refractivity contribution >= 4 is 17.8 Å². The molecule has 2 aromatic rings. The maximum Gasteiger partial charge on any atom is 0.232 e. The lowest BCUT2D eigenvalue weighted by molar-refractivity contribution is 0.200. The van der Waals surface area contributed by atoms with Crippen LogP contribution in [-0.4, -0.2) is 85.4 Å². The highest BCUT2D eigenvalue weighted by Gasteiger charge is 2.25. The minimum Gasteiger partial charge on any atom is -0.492 e. The van der Waals surface area contributed by atoms with Crippen LogP contribution in [0.3, 0.4) is 0 Å². The fourth-order valence-corrected chi connectivity index (χ4v) is 4.58. The molecule has 0 saturated carbocycles. The van der Waals surface area contributed by atoms with Gasteiger partial charge in [0.25, 0.3) is 0 Å². The van der Waals surface area contributed by atoms with Gasteiger partial charge in [0.15, 0.2) is 0 Å². The van der Waals surface area contributed by atoms with Gasteiger partial charge in [-0.3, -0.25) is 4.90 Å². The molecular formula is C23H33N7O. The van der Waals surface area contributed by atoms with Gasteiger partial charge >= 0.3 is 0 Å². The average Bonchev–Trinajstić information content (AvgIpc) is 3.55. The maximum absolute atomic E-state index is 5.87. The van der Waals surface area contributed by atoms with Crippen LogP contribution in [0.1, 0.15) is 25.7 Å². The van der Waals surface area contributed by atoms with Crippen LogP contribution in [0.15, 0.2) is 30.3 Å². The van der Waals surface area contributed by atoms with Crippen LogP contribution in [0.5, 0.6) is 5.75 Å². The maximum atomic E-state index is 5.87. The number of hydrogen-bond donors (Lipinski definition) is 0. The van der Waals surface area contributed by atoms with Crippen LogP contribution in [0, 0.1) is 0 Å². The minimum atomic E-state index is 0.716. The van der Waals surface area contributed by atoms with Gasteiger partial charge in [0, 0.05) is 58.9 Å². The number of aromatic nitrogens is 3. The highest BCUT2D eigenvalue weighted by atomic mass is 16.5. The summed E-state index contributed by atoms with van der Waals surface area (Å²) >= 11 is 0. The van der Waals surface area contributed by atoms with E-state index in [0.717, 1.165) is 82.5 Å². The normalized spacial score (nSPS) is 19.9. The molecule has 0 N–H and O–H groups in total. The van der Waals surface area contributed by atoms with E-state index in [-0.39, 0.29) is 0 Å². The third-order valence-corrected chi connectivity index (χ3v) is 6.45. The van der Waals surface area contributed by atoms with Crippen LogP contribution in [0.2, 0.25) is 0 Å². The highest BCUT2D eigenvalue weighted by molar-refractivity contribution is 5.47. The Morgan fingerprint density at radius 2 is 1.10 bits per heavy atom. The Bertz CT molecular complexity index is 795. The smallest absolute Gasteiger partial charge is 0.232 e. The van der Waals surface area contributed by atoms with Gasteiger partial charge in [0.2, 0.25) is 17.8 Å². The van der Waals surface area contributed by atoms with Crippen molar-refractivity contribution in [2.75, 3.05) is 80.2 Å². The summed E-state index contributed by atoms with van der Waals surface area (Å²) in [6.07, 6.45) is 4.90. The van der Waals surface area contributed by atoms with Crippen molar-refractivity contribution in [3.63, 3.8) is 0 Å². The van der Waals surface area contributed by atoms with E-state index >= 15 is 0 Å². The second-order valence-corrected chi connectivity index (χ2v) is 8.61. The molecule has 8 nitrogen and oxygen atoms in total. The average molecular weight is 424 g/mol. The molecule has 0 radical (unpaired) electrons. The second kappa shape index (κ2) is 9.68. The third-order valence-electron chi connectivity index (χ3n) is 6.45. The Morgan fingerprint density at radius 1 is 0.613 bits per heavy atom. The zero-order chi connectivity index (χ0) is 20.9. The quantitative estimate of drug-likeness (QED) is 0.672. The zero-order valence-corrected chi connectivity index (χ0v) is 18.3. The summed E-state index contributed by atoms with van der Waals surface area (Å²) in [6.45, 7) is 9.75. The van der Waals surface area contributed by atoms with Crippen molar-refractivity contribution in [1.29, 1.82) is 0 Å². The molecule has 0 bridgehead atoms. The van der Waals surface area contributed by atoms with Gasteiger partial charge in [-0.25, -0.2) is 0 Å². The molecule has 3 aliphatic heterocycles. The standard InChI is InChI=1S/C23H33N7O/c1-2-8-20(9-3-1)31-19-18-27-14-16-30(17-15-27)23-25-21(28-10-4-5-11-28)24-22(26-23)29-12-6-7-13-29/h1-3,8-9H,4-7,10-19H2. The molecule has 1 aromatic heterocycles. The van der Waals surface area contributed by atoms with E-state index in [0.29, 0.717) is 6.61 Å². The van der Waals surface area contributed by atoms with E-state index in [4.69, 9.17) is 19.7 Å². The predicted molar refractivity (Wildman–Crippen MR) is 123 cm³/mol. The first-order chi connectivity index (χ1) is 15.3. The monoisotopic (exact) mass is 423 g/mol. The Labute approximate surface area is 184 Å². The van der Waals surface area contributed by atoms with Crippen molar-refractivity contribution < 1.29 is 4.74 Å². The Kier molecular flexibility index (Phi) is 6.34. The van der Waals surface area contributed by atoms with Gasteiger partial charge < -0.3 is 19.4 Å². The number of hydrogen-bond acceptors (Lipinski definition) is 8. The molecule has 0 aliphatic carbocycles. The Hall–Kier alpha value is -2.61. The number of piperazine rings is 1. The molecule has 3 fully saturated rings. The van der Waals surface area contributed by atoms with Crippen LogP contribution < -0.4 is 19.4 Å². The third kappa shape index (κ3) is 5.01. The van der Waals surface area contributed by atoms with E-state index in [1.807, 2.05) is 30.3 Å². The number of rotatable bonds is 7. The number of ether oxygens (including phenoxy) is 1. The van der Waals surface area contributed by atoms with Gasteiger partial charge in [-0.05, 0) is 37.8 Å². The summed E-state index contributed by atoms with van der Waals surface area (Å²) in [5.41, 5.74) is 0. The van der Waals surface area contributed by atoms with Crippen LogP contribution in [-0.2, 0) is 0 Å². The van der Waals surface area contributed by atoms with Crippen LogP contribution >= 0.6 is 0 Å². The summed E-state index contributed by atoms with van der Waals surface area (Å²) in [5.74, 6) is 3.51. The molecule has 1 aromatic carbocycles. The lowest BCUT2D eigenvalue weighted by atomic mass is 10.3. The number of anilines is 3. The summed E-state index contributed by atoms with van der Waals surface area (Å²) in [5, 5.41) is 0. The van der Waals surface area contributed by atoms with E-state index < -0.39 is 0 Å². The lowest BCUT2D eigenvalue weighted by Crippen LogP contribution is -2.48. The first kappa shape index (κ1) is 20.3. The van der Waals surface area contributed by atoms with Crippen molar-refractivity contribution in [2.24, 2.45) is 0 Å². The van der Waals surface area contributed by atoms with Gasteiger partial charge in [-0.15, -0.1) is 0 Å². The number of para-hydroxylation sites is 1. The lowest BCUT2D eigenvalue weighted by Gasteiger charge is -2.35. The fourth-order valence-electron chi connectivity index (χ4n) is 4.58. The molecule has 8 heteroatoms. The highest BCUT2D eigenvalue weighted by Crippen LogP contribution is 2.24. The molecule has 0 amide bonds. The largest absolute Gasteiger partial charge is 0.492 e. The van der Waals surface area contributed by atoms with Crippen molar-refractivity contribution in [2.45, 2.75) is 25.7 Å². The zero-order valence-electron chi connectivity index (χ0n) is 18.3. The SMILES string of the molecule is c1ccc(OCCN2CCN(c3nc(N4CCCC4)nc(N4CCCC4)n3)CC2)cc1. The van der Waals surface area contributed by atoms with Crippen molar-refractivity contribution in [1.82, 2.24) is 19.9 Å². The van der Waals surface area contributed by atoms with Crippen molar-refractivity contribution in [3.8, 4) is 5.75 Å². The Balaban J connectivity index is 1.20. The second-order valence-electron chi connectivity index (χ2n) is 8.61. The number of nitrogens with zero attached hydrogens (tertiary/aromatic N) is 7. The van der Waals surface area contributed by atoms with E-state index in [1.54, 1.807) is 0 Å². The fraction of sp³-hybridized carbons (Fsp3) is 0.609. The van der Waals surface area contributed by atoms with Gasteiger partial charge in [0.1, 0.15) is 12.4 Å². The van der Waals surface area contributed by atoms with Gasteiger partial charge in [-0.1, -0.05) is 18.2 Å². The summed E-state index contributed by atoms with van der Waals surface area (Å²) < 4.78 is 5.87. The molecule has 3 aliphatic rings. The van der Waals surface area contributed by atoms with Gasteiger partial charge in [0.05, 0.1) is 0 Å². The molecule has 0 unspecified atom stereocenters. The first-order valence-electron chi connectivity index (χ1n) is 11.8. The molecule has 5 rings (SSSR count). The van der Waals surface area contributed by atoms with E-state index in [2.05, 4.69) is 19.6 Å². The summed E-state index contributed by atoms with van der Waals surface area (Å²) in [4.78, 5) is 24.1. The summed E-state index contributed by atoms with van der Waals surface area (Å²) in [6, 6.07) is 10.0. The molecule has 0 atom stereocenters. The predicted octanol–water partition coefficient (Wildman–Crippen LogP) is 2.27.